The smallest absolute Gasteiger partial charge is 0.0118 e. The first kappa shape index (κ1) is 14.0. The molecule has 96 valence electrons. The van der Waals surface area contributed by atoms with Gasteiger partial charge in [-0.2, -0.15) is 0 Å². The molecule has 1 rings (SSSR count). The Labute approximate surface area is 102 Å². The minimum atomic E-state index is 0.748. The van der Waals surface area contributed by atoms with Crippen LogP contribution in [0.5, 0.6) is 0 Å². The van der Waals surface area contributed by atoms with Crippen molar-refractivity contribution in [2.24, 2.45) is 23.7 Å². The zero-order chi connectivity index (χ0) is 12.1. The van der Waals surface area contributed by atoms with E-state index in [1.54, 1.807) is 0 Å². The van der Waals surface area contributed by atoms with E-state index in [4.69, 9.17) is 0 Å². The number of rotatable bonds is 5. The molecule has 1 heteroatoms. The van der Waals surface area contributed by atoms with E-state index in [9.17, 15) is 0 Å². The van der Waals surface area contributed by atoms with Gasteiger partial charge in [-0.05, 0) is 55.9 Å². The van der Waals surface area contributed by atoms with Gasteiger partial charge in [-0.1, -0.05) is 34.6 Å². The minimum absolute atomic E-state index is 0.748. The number of hydrogen-bond acceptors (Lipinski definition) is 1. The third kappa shape index (κ3) is 3.76. The summed E-state index contributed by atoms with van der Waals surface area (Å²) in [7, 11) is 0. The molecule has 0 radical (unpaired) electrons. The van der Waals surface area contributed by atoms with Crippen molar-refractivity contribution in [3.63, 3.8) is 0 Å². The van der Waals surface area contributed by atoms with Crippen LogP contribution >= 0.6 is 0 Å². The van der Waals surface area contributed by atoms with E-state index in [0.717, 1.165) is 36.3 Å². The Hall–Kier alpha value is -0.0400. The highest BCUT2D eigenvalue weighted by atomic mass is 14.9. The predicted octanol–water partition coefficient (Wildman–Crippen LogP) is 4.08. The topological polar surface area (TPSA) is 12.0 Å². The molecule has 0 aromatic rings. The average molecular weight is 225 g/mol. The van der Waals surface area contributed by atoms with Gasteiger partial charge in [0.25, 0.3) is 0 Å². The van der Waals surface area contributed by atoms with Gasteiger partial charge in [-0.15, -0.1) is 0 Å². The minimum Gasteiger partial charge on any atom is -0.314 e. The molecule has 1 unspecified atom stereocenters. The van der Waals surface area contributed by atoms with E-state index in [2.05, 4.69) is 39.9 Å². The summed E-state index contributed by atoms with van der Waals surface area (Å²) in [6.45, 7) is 12.8. The second-order valence-electron chi connectivity index (χ2n) is 6.25. The molecule has 16 heavy (non-hydrogen) atoms. The Morgan fingerprint density at radius 1 is 0.938 bits per heavy atom. The van der Waals surface area contributed by atoms with Crippen LogP contribution in [0.1, 0.15) is 60.3 Å². The quantitative estimate of drug-likeness (QED) is 0.743. The van der Waals surface area contributed by atoms with Crippen molar-refractivity contribution >= 4 is 0 Å². The van der Waals surface area contributed by atoms with Crippen LogP contribution in [0.25, 0.3) is 0 Å². The van der Waals surface area contributed by atoms with Gasteiger partial charge < -0.3 is 5.32 Å². The molecule has 0 spiro atoms. The lowest BCUT2D eigenvalue weighted by molar-refractivity contribution is 0.167. The highest BCUT2D eigenvalue weighted by Crippen LogP contribution is 2.36. The molecule has 1 nitrogen and oxygen atoms in total. The maximum absolute atomic E-state index is 3.70. The first-order valence-corrected chi connectivity index (χ1v) is 7.29. The normalized spacial score (nSPS) is 28.7. The molecule has 0 amide bonds. The van der Waals surface area contributed by atoms with Gasteiger partial charge in [0.05, 0.1) is 0 Å². The highest BCUT2D eigenvalue weighted by molar-refractivity contribution is 4.84. The summed E-state index contributed by atoms with van der Waals surface area (Å²) in [5, 5.41) is 3.70. The molecule has 0 bridgehead atoms. The molecule has 0 aliphatic heterocycles. The van der Waals surface area contributed by atoms with E-state index < -0.39 is 0 Å². The Balaban J connectivity index is 2.44. The van der Waals surface area contributed by atoms with Crippen LogP contribution in [0.2, 0.25) is 0 Å². The van der Waals surface area contributed by atoms with E-state index >= 15 is 0 Å². The van der Waals surface area contributed by atoms with Crippen LogP contribution in [0, 0.1) is 23.7 Å². The molecular formula is C15H31N. The number of nitrogens with one attached hydrogen (secondary N) is 1. The standard InChI is InChI=1S/C15H31N/c1-6-16-15(12(4)5)14-9-7-13(8-10-14)11(2)3/h11-16H,6-10H2,1-5H3. The molecule has 1 aliphatic carbocycles. The molecule has 1 atom stereocenters. The zero-order valence-corrected chi connectivity index (χ0v) is 11.9. The molecule has 1 fully saturated rings. The Bertz CT molecular complexity index is 178. The summed E-state index contributed by atoms with van der Waals surface area (Å²) in [4.78, 5) is 0. The van der Waals surface area contributed by atoms with Crippen LogP contribution in [0.4, 0.5) is 0 Å². The fourth-order valence-corrected chi connectivity index (χ4v) is 3.35. The van der Waals surface area contributed by atoms with Gasteiger partial charge in [-0.3, -0.25) is 0 Å². The second kappa shape index (κ2) is 6.64. The molecule has 0 saturated heterocycles. The van der Waals surface area contributed by atoms with Crippen molar-refractivity contribution in [3.8, 4) is 0 Å². The summed E-state index contributed by atoms with van der Waals surface area (Å²) in [6.07, 6.45) is 5.80. The first-order valence-electron chi connectivity index (χ1n) is 7.29. The molecule has 1 N–H and O–H groups in total. The van der Waals surface area contributed by atoms with Crippen molar-refractivity contribution in [1.82, 2.24) is 5.32 Å². The van der Waals surface area contributed by atoms with E-state index in [0.29, 0.717) is 0 Å². The summed E-state index contributed by atoms with van der Waals surface area (Å²) in [6, 6.07) is 0.748. The lowest BCUT2D eigenvalue weighted by Gasteiger charge is -2.37. The maximum atomic E-state index is 3.70. The average Bonchev–Trinajstić information content (AvgIpc) is 2.25. The van der Waals surface area contributed by atoms with Gasteiger partial charge in [-0.25, -0.2) is 0 Å². The number of hydrogen-bond donors (Lipinski definition) is 1. The maximum Gasteiger partial charge on any atom is 0.0118 e. The van der Waals surface area contributed by atoms with E-state index in [-0.39, 0.29) is 0 Å². The van der Waals surface area contributed by atoms with Crippen molar-refractivity contribution in [3.05, 3.63) is 0 Å². The van der Waals surface area contributed by atoms with Crippen molar-refractivity contribution in [2.45, 2.75) is 66.3 Å². The lowest BCUT2D eigenvalue weighted by atomic mass is 9.72. The van der Waals surface area contributed by atoms with Crippen molar-refractivity contribution in [1.29, 1.82) is 0 Å². The SMILES string of the molecule is CCNC(C(C)C)C1CCC(C(C)C)CC1. The third-order valence-corrected chi connectivity index (χ3v) is 4.43. The van der Waals surface area contributed by atoms with Gasteiger partial charge in [0.2, 0.25) is 0 Å². The molecule has 1 aliphatic rings. The molecule has 0 heterocycles. The molecular weight excluding hydrogens is 194 g/mol. The van der Waals surface area contributed by atoms with Crippen LogP contribution in [-0.4, -0.2) is 12.6 Å². The zero-order valence-electron chi connectivity index (χ0n) is 11.9. The Morgan fingerprint density at radius 2 is 1.44 bits per heavy atom. The second-order valence-corrected chi connectivity index (χ2v) is 6.25. The first-order chi connectivity index (χ1) is 7.56. The highest BCUT2D eigenvalue weighted by Gasteiger charge is 2.29. The van der Waals surface area contributed by atoms with Crippen LogP contribution < -0.4 is 5.32 Å². The van der Waals surface area contributed by atoms with Gasteiger partial charge in [0.1, 0.15) is 0 Å². The molecule has 0 aromatic carbocycles. The largest absolute Gasteiger partial charge is 0.314 e. The van der Waals surface area contributed by atoms with Crippen LogP contribution in [-0.2, 0) is 0 Å². The van der Waals surface area contributed by atoms with Gasteiger partial charge in [0.15, 0.2) is 0 Å². The van der Waals surface area contributed by atoms with Gasteiger partial charge in [0, 0.05) is 6.04 Å². The summed E-state index contributed by atoms with van der Waals surface area (Å²) in [5.41, 5.74) is 0. The predicted molar refractivity (Wildman–Crippen MR) is 72.6 cm³/mol. The van der Waals surface area contributed by atoms with Crippen molar-refractivity contribution in [2.75, 3.05) is 6.54 Å². The van der Waals surface area contributed by atoms with E-state index in [1.165, 1.54) is 25.7 Å². The van der Waals surface area contributed by atoms with Gasteiger partial charge >= 0.3 is 0 Å². The summed E-state index contributed by atoms with van der Waals surface area (Å²) in [5.74, 6) is 3.58. The Morgan fingerprint density at radius 3 is 1.81 bits per heavy atom. The van der Waals surface area contributed by atoms with Crippen LogP contribution in [0.3, 0.4) is 0 Å². The summed E-state index contributed by atoms with van der Waals surface area (Å²) >= 11 is 0. The van der Waals surface area contributed by atoms with Crippen LogP contribution in [0.15, 0.2) is 0 Å². The van der Waals surface area contributed by atoms with E-state index in [1.807, 2.05) is 0 Å². The molecule has 1 saturated carbocycles. The Kier molecular flexibility index (Phi) is 5.82. The monoisotopic (exact) mass is 225 g/mol. The fraction of sp³-hybridized carbons (Fsp3) is 1.00. The van der Waals surface area contributed by atoms with Crippen molar-refractivity contribution < 1.29 is 0 Å². The lowest BCUT2D eigenvalue weighted by Crippen LogP contribution is -2.42. The fourth-order valence-electron chi connectivity index (χ4n) is 3.35. The molecule has 0 aromatic heterocycles. The summed E-state index contributed by atoms with van der Waals surface area (Å²) < 4.78 is 0. The third-order valence-electron chi connectivity index (χ3n) is 4.43.